The summed E-state index contributed by atoms with van der Waals surface area (Å²) in [5.41, 5.74) is 0. The van der Waals surface area contributed by atoms with Crippen LogP contribution >= 0.6 is 0 Å². The largest absolute Gasteiger partial charge is 0.394 e. The maximum Gasteiger partial charge on any atom is 0.220 e. The molecule has 3 saturated heterocycles. The number of hydrogen-bond donors (Lipinski definition) is 12. The highest BCUT2D eigenvalue weighted by Gasteiger charge is 2.54. The number of rotatable bonds is 46. The number of ether oxygens (including phenoxy) is 6. The fraction of sp³-hybridized carbons (Fsp3) is 0.917. The normalized spacial score (nSPS) is 30.4. The van der Waals surface area contributed by atoms with Gasteiger partial charge in [-0.25, -0.2) is 0 Å². The third kappa shape index (κ3) is 27.7. The van der Waals surface area contributed by atoms with Crippen molar-refractivity contribution in [2.45, 2.75) is 324 Å². The van der Waals surface area contributed by atoms with E-state index < -0.39 is 124 Å². The number of aliphatic hydroxyl groups excluding tert-OH is 11. The van der Waals surface area contributed by atoms with Crippen molar-refractivity contribution >= 4 is 5.91 Å². The Hall–Kier alpha value is -1.73. The molecule has 3 aliphatic heterocycles. The van der Waals surface area contributed by atoms with E-state index in [2.05, 4.69) is 31.3 Å². The third-order valence-corrected chi connectivity index (χ3v) is 15.7. The standard InChI is InChI=1S/C60H111NO18/c1-3-5-7-9-11-13-15-17-18-19-20-21-22-23-24-26-28-30-32-34-36-38-48(66)61-43(44(65)37-35-33-31-29-27-25-16-14-12-10-8-6-4-2)42-74-58-54(72)52(70)56(47(41-64)77-58)78-60-55(73)57(50(68)46(40-63)76-60)79-59-53(71)51(69)49(67)45(39-62)75-59/h17-18,35,37,43-47,49-60,62-65,67-73H,3-16,19-34,36,38-42H2,1-2H3,(H,61,66)/b18-17-,37-35+/t43-,44+,45?,46?,47?,49+,50+,51-,52+,53?,54?,55?,56+,57-,58+,59+,60-/m0/s1. The van der Waals surface area contributed by atoms with Crippen molar-refractivity contribution in [1.29, 1.82) is 0 Å². The van der Waals surface area contributed by atoms with Crippen molar-refractivity contribution in [2.75, 3.05) is 26.4 Å². The Morgan fingerprint density at radius 1 is 0.443 bits per heavy atom. The SMILES string of the molecule is CCCCCCCC/C=C\CCCCCCCCCCCCCC(=O)N[C@@H](CO[C@@H]1OC(CO)[C@@H](O[C@@H]2OC(CO)[C@@H](O)[C@H](O[C@H]3OC(CO)[C@@H](O)[C@H](O)C3O)C2O)[C@H](O)C1O)[C@H](O)/C=C/CCCCCCCCCCCCC. The average Bonchev–Trinajstić information content (AvgIpc) is 3.56. The average molecular weight is 1130 g/mol. The minimum atomic E-state index is -1.97. The maximum atomic E-state index is 13.3. The van der Waals surface area contributed by atoms with Crippen LogP contribution in [0.1, 0.15) is 219 Å². The van der Waals surface area contributed by atoms with Crippen LogP contribution in [0.5, 0.6) is 0 Å². The molecule has 464 valence electrons. The predicted molar refractivity (Wildman–Crippen MR) is 300 cm³/mol. The van der Waals surface area contributed by atoms with Gasteiger partial charge in [-0.05, 0) is 44.9 Å². The highest BCUT2D eigenvalue weighted by Crippen LogP contribution is 2.33. The van der Waals surface area contributed by atoms with Gasteiger partial charge in [0.1, 0.15) is 73.2 Å². The van der Waals surface area contributed by atoms with Crippen LogP contribution in [0.3, 0.4) is 0 Å². The van der Waals surface area contributed by atoms with Gasteiger partial charge in [0.15, 0.2) is 18.9 Å². The Bertz CT molecular complexity index is 1540. The lowest BCUT2D eigenvalue weighted by atomic mass is 9.96. The number of carbonyl (C=O) groups is 1. The summed E-state index contributed by atoms with van der Waals surface area (Å²) in [6.45, 7) is 1.69. The Balaban J connectivity index is 1.49. The van der Waals surface area contributed by atoms with E-state index in [9.17, 15) is 61.0 Å². The van der Waals surface area contributed by atoms with E-state index in [0.717, 1.165) is 44.9 Å². The van der Waals surface area contributed by atoms with Gasteiger partial charge in [-0.1, -0.05) is 192 Å². The van der Waals surface area contributed by atoms with Crippen molar-refractivity contribution in [3.05, 3.63) is 24.3 Å². The molecule has 0 radical (unpaired) electrons. The molecule has 3 fully saturated rings. The number of nitrogens with one attached hydrogen (secondary N) is 1. The number of allylic oxidation sites excluding steroid dienone is 3. The Morgan fingerprint density at radius 3 is 1.32 bits per heavy atom. The van der Waals surface area contributed by atoms with E-state index in [0.29, 0.717) is 6.42 Å². The van der Waals surface area contributed by atoms with E-state index in [4.69, 9.17) is 28.4 Å². The van der Waals surface area contributed by atoms with Gasteiger partial charge in [-0.15, -0.1) is 0 Å². The van der Waals surface area contributed by atoms with Gasteiger partial charge in [0.05, 0.1) is 38.6 Å². The molecule has 3 aliphatic rings. The summed E-state index contributed by atoms with van der Waals surface area (Å²) in [5, 5.41) is 120. The maximum absolute atomic E-state index is 13.3. The van der Waals surface area contributed by atoms with Crippen LogP contribution in [-0.2, 0) is 33.2 Å². The molecule has 0 aromatic carbocycles. The van der Waals surface area contributed by atoms with Gasteiger partial charge < -0.3 is 89.9 Å². The van der Waals surface area contributed by atoms with Gasteiger partial charge in [-0.2, -0.15) is 0 Å². The van der Waals surface area contributed by atoms with Crippen molar-refractivity contribution < 1.29 is 89.4 Å². The quantitative estimate of drug-likeness (QED) is 0.0248. The highest BCUT2D eigenvalue weighted by atomic mass is 16.8. The Kier molecular flexibility index (Phi) is 39.7. The minimum absolute atomic E-state index is 0.241. The molecule has 17 atom stereocenters. The van der Waals surface area contributed by atoms with Gasteiger partial charge in [-0.3, -0.25) is 4.79 Å². The second-order valence-electron chi connectivity index (χ2n) is 22.5. The lowest BCUT2D eigenvalue weighted by Crippen LogP contribution is -2.67. The van der Waals surface area contributed by atoms with Crippen LogP contribution in [0, 0.1) is 0 Å². The Morgan fingerprint density at radius 2 is 0.835 bits per heavy atom. The first-order valence-corrected chi connectivity index (χ1v) is 31.1. The van der Waals surface area contributed by atoms with Crippen molar-refractivity contribution in [2.24, 2.45) is 0 Å². The molecular weight excluding hydrogens is 1020 g/mol. The van der Waals surface area contributed by atoms with E-state index >= 15 is 0 Å². The Labute approximate surface area is 473 Å². The molecule has 6 unspecified atom stereocenters. The molecule has 0 saturated carbocycles. The summed E-state index contributed by atoms with van der Waals surface area (Å²) in [5.74, 6) is -0.280. The second-order valence-corrected chi connectivity index (χ2v) is 22.5. The monoisotopic (exact) mass is 1130 g/mol. The zero-order chi connectivity index (χ0) is 57.6. The first-order valence-electron chi connectivity index (χ1n) is 31.1. The third-order valence-electron chi connectivity index (χ3n) is 15.7. The second kappa shape index (κ2) is 43.8. The van der Waals surface area contributed by atoms with Crippen LogP contribution in [-0.4, -0.2) is 193 Å². The lowest BCUT2D eigenvalue weighted by molar-refractivity contribution is -0.380. The first kappa shape index (κ1) is 71.5. The molecule has 0 aliphatic carbocycles. The van der Waals surface area contributed by atoms with Crippen molar-refractivity contribution in [3.63, 3.8) is 0 Å². The summed E-state index contributed by atoms with van der Waals surface area (Å²) in [7, 11) is 0. The molecule has 3 heterocycles. The lowest BCUT2D eigenvalue weighted by Gasteiger charge is -2.48. The van der Waals surface area contributed by atoms with Crippen molar-refractivity contribution in [3.8, 4) is 0 Å². The number of amides is 1. The fourth-order valence-electron chi connectivity index (χ4n) is 10.6. The van der Waals surface area contributed by atoms with Gasteiger partial charge in [0.2, 0.25) is 5.91 Å². The van der Waals surface area contributed by atoms with E-state index in [-0.39, 0.29) is 18.9 Å². The summed E-state index contributed by atoms with van der Waals surface area (Å²) in [6, 6.07) is -0.977. The number of unbranched alkanes of at least 4 members (excludes halogenated alkanes) is 28. The van der Waals surface area contributed by atoms with Crippen LogP contribution in [0.25, 0.3) is 0 Å². The van der Waals surface area contributed by atoms with E-state index in [1.807, 2.05) is 6.08 Å². The number of aliphatic hydroxyl groups is 11. The molecule has 0 spiro atoms. The zero-order valence-electron chi connectivity index (χ0n) is 48.4. The van der Waals surface area contributed by atoms with E-state index in [1.165, 1.54) is 148 Å². The van der Waals surface area contributed by atoms with Crippen LogP contribution in [0.2, 0.25) is 0 Å². The molecule has 19 nitrogen and oxygen atoms in total. The zero-order valence-corrected chi connectivity index (χ0v) is 48.4. The minimum Gasteiger partial charge on any atom is -0.394 e. The van der Waals surface area contributed by atoms with Crippen LogP contribution in [0.4, 0.5) is 0 Å². The highest BCUT2D eigenvalue weighted by molar-refractivity contribution is 5.76. The molecule has 1 amide bonds. The van der Waals surface area contributed by atoms with Gasteiger partial charge >= 0.3 is 0 Å². The molecular formula is C60H111NO18. The number of carbonyl (C=O) groups excluding carboxylic acids is 1. The van der Waals surface area contributed by atoms with Crippen LogP contribution in [0.15, 0.2) is 24.3 Å². The predicted octanol–water partition coefficient (Wildman–Crippen LogP) is 5.93. The molecule has 0 bridgehead atoms. The molecule has 19 heteroatoms. The smallest absolute Gasteiger partial charge is 0.220 e. The summed E-state index contributed by atoms with van der Waals surface area (Å²) >= 11 is 0. The van der Waals surface area contributed by atoms with E-state index in [1.54, 1.807) is 6.08 Å². The molecule has 12 N–H and O–H groups in total. The van der Waals surface area contributed by atoms with Crippen LogP contribution < -0.4 is 5.32 Å². The molecule has 79 heavy (non-hydrogen) atoms. The molecule has 0 aromatic rings. The number of hydrogen-bond acceptors (Lipinski definition) is 18. The topological polar surface area (TPSA) is 307 Å². The fourth-order valence-corrected chi connectivity index (χ4v) is 10.6. The molecule has 0 aromatic heterocycles. The first-order chi connectivity index (χ1) is 38.3. The molecule has 3 rings (SSSR count). The summed E-state index contributed by atoms with van der Waals surface area (Å²) in [6.07, 6.45) is 18.4. The van der Waals surface area contributed by atoms with Gasteiger partial charge in [0.25, 0.3) is 0 Å². The summed E-state index contributed by atoms with van der Waals surface area (Å²) < 4.78 is 34.3. The van der Waals surface area contributed by atoms with Crippen molar-refractivity contribution in [1.82, 2.24) is 5.32 Å². The van der Waals surface area contributed by atoms with Gasteiger partial charge in [0, 0.05) is 6.42 Å². The summed E-state index contributed by atoms with van der Waals surface area (Å²) in [4.78, 5) is 13.3.